The summed E-state index contributed by atoms with van der Waals surface area (Å²) in [6.45, 7) is 2.06. The molecule has 0 saturated carbocycles. The zero-order chi connectivity index (χ0) is 13.8. The van der Waals surface area contributed by atoms with E-state index in [0.717, 1.165) is 6.42 Å². The van der Waals surface area contributed by atoms with E-state index in [2.05, 4.69) is 28.2 Å². The first-order valence-electron chi connectivity index (χ1n) is 5.95. The van der Waals surface area contributed by atoms with E-state index in [9.17, 15) is 9.18 Å². The third-order valence-corrected chi connectivity index (χ3v) is 3.44. The molecule has 0 saturated heterocycles. The lowest BCUT2D eigenvalue weighted by Crippen LogP contribution is -2.11. The van der Waals surface area contributed by atoms with Crippen molar-refractivity contribution in [1.29, 1.82) is 0 Å². The van der Waals surface area contributed by atoms with Crippen LogP contribution in [-0.4, -0.2) is 5.91 Å². The highest BCUT2D eigenvalue weighted by Crippen LogP contribution is 2.19. The fourth-order valence-corrected chi connectivity index (χ4v) is 1.92. The number of benzene rings is 2. The Labute approximate surface area is 119 Å². The predicted molar refractivity (Wildman–Crippen MR) is 77.9 cm³/mol. The number of amides is 1. The number of anilines is 1. The first kappa shape index (κ1) is 13.7. The van der Waals surface area contributed by atoms with Crippen LogP contribution in [0.3, 0.4) is 0 Å². The number of hydrogen-bond donors (Lipinski definition) is 1. The van der Waals surface area contributed by atoms with Crippen LogP contribution in [0.2, 0.25) is 0 Å². The van der Waals surface area contributed by atoms with Crippen molar-refractivity contribution in [1.82, 2.24) is 0 Å². The molecule has 1 N–H and O–H groups in total. The van der Waals surface area contributed by atoms with Crippen molar-refractivity contribution < 1.29 is 9.18 Å². The van der Waals surface area contributed by atoms with Gasteiger partial charge in [-0.2, -0.15) is 0 Å². The van der Waals surface area contributed by atoms with E-state index in [1.807, 2.05) is 12.1 Å². The number of rotatable bonds is 3. The monoisotopic (exact) mass is 321 g/mol. The third kappa shape index (κ3) is 3.41. The molecule has 1 amide bonds. The van der Waals surface area contributed by atoms with Crippen LogP contribution in [-0.2, 0) is 6.42 Å². The second-order valence-corrected chi connectivity index (χ2v) is 4.99. The molecule has 2 nitrogen and oxygen atoms in total. The van der Waals surface area contributed by atoms with Gasteiger partial charge in [-0.3, -0.25) is 4.79 Å². The number of carbonyl (C=O) groups excluding carboxylic acids is 1. The highest BCUT2D eigenvalue weighted by molar-refractivity contribution is 9.10. The Kier molecular flexibility index (Phi) is 4.32. The zero-order valence-electron chi connectivity index (χ0n) is 10.4. The average molecular weight is 322 g/mol. The molecule has 19 heavy (non-hydrogen) atoms. The molecule has 0 unspecified atom stereocenters. The van der Waals surface area contributed by atoms with Gasteiger partial charge in [0, 0.05) is 11.3 Å². The van der Waals surface area contributed by atoms with Crippen LogP contribution < -0.4 is 5.32 Å². The van der Waals surface area contributed by atoms with E-state index in [1.165, 1.54) is 11.6 Å². The summed E-state index contributed by atoms with van der Waals surface area (Å²) in [5, 5.41) is 2.66. The van der Waals surface area contributed by atoms with Crippen molar-refractivity contribution in [3.05, 3.63) is 63.9 Å². The minimum atomic E-state index is -0.404. The molecule has 0 bridgehead atoms. The molecule has 0 aliphatic heterocycles. The topological polar surface area (TPSA) is 29.1 Å². The molecule has 0 spiro atoms. The fourth-order valence-electron chi connectivity index (χ4n) is 1.67. The van der Waals surface area contributed by atoms with Crippen LogP contribution >= 0.6 is 15.9 Å². The number of hydrogen-bond acceptors (Lipinski definition) is 1. The maximum absolute atomic E-state index is 13.3. The van der Waals surface area contributed by atoms with Gasteiger partial charge >= 0.3 is 0 Å². The molecule has 0 atom stereocenters. The second kappa shape index (κ2) is 5.97. The van der Waals surface area contributed by atoms with Crippen molar-refractivity contribution >= 4 is 27.5 Å². The molecule has 0 heterocycles. The normalized spacial score (nSPS) is 10.3. The molecule has 0 radical (unpaired) electrons. The molecule has 4 heteroatoms. The number of carbonyl (C=O) groups is 1. The summed E-state index contributed by atoms with van der Waals surface area (Å²) in [7, 11) is 0. The Morgan fingerprint density at radius 2 is 1.89 bits per heavy atom. The first-order chi connectivity index (χ1) is 9.10. The number of aryl methyl sites for hydroxylation is 1. The lowest BCUT2D eigenvalue weighted by molar-refractivity contribution is 0.102. The van der Waals surface area contributed by atoms with Crippen LogP contribution in [0.4, 0.5) is 10.1 Å². The zero-order valence-corrected chi connectivity index (χ0v) is 12.0. The van der Waals surface area contributed by atoms with Crippen LogP contribution in [0.5, 0.6) is 0 Å². The molecular formula is C15H13BrFNO. The van der Waals surface area contributed by atoms with E-state index < -0.39 is 5.82 Å². The molecule has 2 aromatic carbocycles. The van der Waals surface area contributed by atoms with E-state index in [-0.39, 0.29) is 5.91 Å². The predicted octanol–water partition coefficient (Wildman–Crippen LogP) is 4.40. The SMILES string of the molecule is CCc1ccc(C(=O)Nc2ccc(Br)c(F)c2)cc1. The van der Waals surface area contributed by atoms with Gasteiger partial charge in [-0.25, -0.2) is 4.39 Å². The molecule has 0 aliphatic carbocycles. The maximum Gasteiger partial charge on any atom is 0.255 e. The second-order valence-electron chi connectivity index (χ2n) is 4.13. The fraction of sp³-hybridized carbons (Fsp3) is 0.133. The summed E-state index contributed by atoms with van der Waals surface area (Å²) in [5.74, 6) is -0.650. The lowest BCUT2D eigenvalue weighted by atomic mass is 10.1. The summed E-state index contributed by atoms with van der Waals surface area (Å²) in [4.78, 5) is 12.0. The molecule has 98 valence electrons. The Morgan fingerprint density at radius 1 is 1.21 bits per heavy atom. The van der Waals surface area contributed by atoms with E-state index >= 15 is 0 Å². The summed E-state index contributed by atoms with van der Waals surface area (Å²) < 4.78 is 13.7. The minimum absolute atomic E-state index is 0.246. The van der Waals surface area contributed by atoms with Gasteiger partial charge in [0.15, 0.2) is 0 Å². The van der Waals surface area contributed by atoms with Crippen molar-refractivity contribution in [2.75, 3.05) is 5.32 Å². The van der Waals surface area contributed by atoms with Gasteiger partial charge in [0.05, 0.1) is 4.47 Å². The number of nitrogens with one attached hydrogen (secondary N) is 1. The van der Waals surface area contributed by atoms with Gasteiger partial charge in [0.25, 0.3) is 5.91 Å². The highest BCUT2D eigenvalue weighted by Gasteiger charge is 2.07. The Balaban J connectivity index is 2.13. The smallest absolute Gasteiger partial charge is 0.255 e. The van der Waals surface area contributed by atoms with Crippen LogP contribution in [0.1, 0.15) is 22.8 Å². The van der Waals surface area contributed by atoms with Crippen molar-refractivity contribution in [3.8, 4) is 0 Å². The minimum Gasteiger partial charge on any atom is -0.322 e. The van der Waals surface area contributed by atoms with Crippen LogP contribution in [0.15, 0.2) is 46.9 Å². The Bertz CT molecular complexity index is 596. The molecular weight excluding hydrogens is 309 g/mol. The standard InChI is InChI=1S/C15H13BrFNO/c1-2-10-3-5-11(6-4-10)15(19)18-12-7-8-13(16)14(17)9-12/h3-9H,2H2,1H3,(H,18,19). The molecule has 0 aliphatic rings. The van der Waals surface area contributed by atoms with Crippen molar-refractivity contribution in [2.45, 2.75) is 13.3 Å². The van der Waals surface area contributed by atoms with Gasteiger partial charge in [0.2, 0.25) is 0 Å². The summed E-state index contributed by atoms with van der Waals surface area (Å²) >= 11 is 3.07. The van der Waals surface area contributed by atoms with E-state index in [1.54, 1.807) is 24.3 Å². The van der Waals surface area contributed by atoms with E-state index in [0.29, 0.717) is 15.7 Å². The van der Waals surface area contributed by atoms with Crippen molar-refractivity contribution in [2.24, 2.45) is 0 Å². The van der Waals surface area contributed by atoms with Crippen LogP contribution in [0, 0.1) is 5.82 Å². The molecule has 2 rings (SSSR count). The lowest BCUT2D eigenvalue weighted by Gasteiger charge is -2.06. The van der Waals surface area contributed by atoms with Gasteiger partial charge in [0.1, 0.15) is 5.82 Å². The van der Waals surface area contributed by atoms with Gasteiger partial charge in [-0.1, -0.05) is 19.1 Å². The summed E-state index contributed by atoms with van der Waals surface area (Å²) in [6.07, 6.45) is 0.930. The Hall–Kier alpha value is -1.68. The Morgan fingerprint density at radius 3 is 2.47 bits per heavy atom. The molecule has 2 aromatic rings. The van der Waals surface area contributed by atoms with Crippen LogP contribution in [0.25, 0.3) is 0 Å². The summed E-state index contributed by atoms with van der Waals surface area (Å²) in [5.41, 5.74) is 2.16. The number of halogens is 2. The van der Waals surface area contributed by atoms with Gasteiger partial charge < -0.3 is 5.32 Å². The highest BCUT2D eigenvalue weighted by atomic mass is 79.9. The quantitative estimate of drug-likeness (QED) is 0.891. The average Bonchev–Trinajstić information content (AvgIpc) is 2.43. The van der Waals surface area contributed by atoms with Crippen molar-refractivity contribution in [3.63, 3.8) is 0 Å². The molecule has 0 fully saturated rings. The van der Waals surface area contributed by atoms with Gasteiger partial charge in [-0.05, 0) is 58.2 Å². The van der Waals surface area contributed by atoms with E-state index in [4.69, 9.17) is 0 Å². The first-order valence-corrected chi connectivity index (χ1v) is 6.75. The third-order valence-electron chi connectivity index (χ3n) is 2.80. The maximum atomic E-state index is 13.3. The molecule has 0 aromatic heterocycles. The summed E-state index contributed by atoms with van der Waals surface area (Å²) in [6, 6.07) is 11.8. The largest absolute Gasteiger partial charge is 0.322 e. The van der Waals surface area contributed by atoms with Gasteiger partial charge in [-0.15, -0.1) is 0 Å².